The van der Waals surface area contributed by atoms with Gasteiger partial charge in [0.05, 0.1) is 91.1 Å². The molecule has 11 aromatic carbocycles. The van der Waals surface area contributed by atoms with Crippen LogP contribution in [0.4, 0.5) is 26.3 Å². The quantitative estimate of drug-likeness (QED) is 0.131. The highest BCUT2D eigenvalue weighted by atomic mass is 19.4. The third kappa shape index (κ3) is 9.57. The van der Waals surface area contributed by atoms with Crippen molar-refractivity contribution < 1.29 is 26.3 Å². The monoisotopic (exact) mass is 1180 g/mol. The van der Waals surface area contributed by atoms with E-state index >= 15 is 26.3 Å². The first kappa shape index (κ1) is 55.4. The van der Waals surface area contributed by atoms with E-state index in [0.717, 1.165) is 24.3 Å². The van der Waals surface area contributed by atoms with Gasteiger partial charge in [0.15, 0.2) is 17.5 Å². The van der Waals surface area contributed by atoms with Gasteiger partial charge in [-0.3, -0.25) is 0 Å². The fraction of sp³-hybridized carbons (Fsp3) is 0.0267. The van der Waals surface area contributed by atoms with Crippen LogP contribution in [-0.2, 0) is 12.4 Å². The molecule has 0 amide bonds. The van der Waals surface area contributed by atoms with Gasteiger partial charge in [0.1, 0.15) is 0 Å². The van der Waals surface area contributed by atoms with E-state index in [1.807, 2.05) is 72.8 Å². The fourth-order valence-electron chi connectivity index (χ4n) is 12.1. The molecule has 15 heteroatoms. The van der Waals surface area contributed by atoms with Crippen LogP contribution in [0.5, 0.6) is 0 Å². The molecule has 0 bridgehead atoms. The Bertz CT molecular complexity index is 4930. The van der Waals surface area contributed by atoms with Gasteiger partial charge in [-0.2, -0.15) is 47.4 Å². The van der Waals surface area contributed by atoms with Gasteiger partial charge < -0.3 is 9.13 Å². The van der Waals surface area contributed by atoms with Crippen LogP contribution in [0, 0.1) is 45.3 Å². The summed E-state index contributed by atoms with van der Waals surface area (Å²) in [6, 6.07) is 74.3. The zero-order chi connectivity index (χ0) is 62.0. The first-order valence-corrected chi connectivity index (χ1v) is 28.1. The van der Waals surface area contributed by atoms with Crippen LogP contribution in [-0.4, -0.2) is 24.1 Å². The number of nitriles is 4. The number of nitrogens with zero attached hydrogens (tertiary/aromatic N) is 9. The van der Waals surface area contributed by atoms with Gasteiger partial charge in [0.2, 0.25) is 0 Å². The molecule has 0 radical (unpaired) electrons. The van der Waals surface area contributed by atoms with Crippen LogP contribution in [0.15, 0.2) is 237 Å². The predicted octanol–water partition coefficient (Wildman–Crippen LogP) is 19.3. The number of hydrogen-bond acceptors (Lipinski definition) is 7. The molecule has 90 heavy (non-hydrogen) atoms. The first-order chi connectivity index (χ1) is 43.7. The maximum atomic E-state index is 15.5. The molecular weight excluding hydrogens is 1140 g/mol. The summed E-state index contributed by atoms with van der Waals surface area (Å²) in [7, 11) is 0. The van der Waals surface area contributed by atoms with Gasteiger partial charge in [-0.25, -0.2) is 15.0 Å². The lowest BCUT2D eigenvalue weighted by molar-refractivity contribution is -0.138. The van der Waals surface area contributed by atoms with E-state index in [-0.39, 0.29) is 40.0 Å². The highest BCUT2D eigenvalue weighted by molar-refractivity contribution is 6.13. The molecule has 0 saturated carbocycles. The number of aromatic nitrogens is 5. The molecular formula is C75H39F6N9. The minimum Gasteiger partial charge on any atom is -0.308 e. The summed E-state index contributed by atoms with van der Waals surface area (Å²) in [6.45, 7) is 0. The van der Waals surface area contributed by atoms with Crippen molar-refractivity contribution in [3.8, 4) is 114 Å². The second-order valence-corrected chi connectivity index (χ2v) is 21.4. The number of rotatable bonds is 9. The molecule has 0 unspecified atom stereocenters. The lowest BCUT2D eigenvalue weighted by Gasteiger charge is -2.19. The van der Waals surface area contributed by atoms with Crippen molar-refractivity contribution >= 4 is 43.6 Å². The summed E-state index contributed by atoms with van der Waals surface area (Å²) in [4.78, 5) is 14.9. The molecule has 0 saturated heterocycles. The Labute approximate surface area is 509 Å². The van der Waals surface area contributed by atoms with Crippen molar-refractivity contribution in [1.82, 2.24) is 24.1 Å². The highest BCUT2D eigenvalue weighted by Crippen LogP contribution is 2.46. The van der Waals surface area contributed by atoms with Crippen molar-refractivity contribution in [2.24, 2.45) is 0 Å². The van der Waals surface area contributed by atoms with Crippen LogP contribution in [0.2, 0.25) is 0 Å². The highest BCUT2D eigenvalue weighted by Gasteiger charge is 2.35. The van der Waals surface area contributed by atoms with Gasteiger partial charge in [0, 0.05) is 38.2 Å². The molecule has 3 heterocycles. The topological polar surface area (TPSA) is 144 Å². The summed E-state index contributed by atoms with van der Waals surface area (Å²) in [5.74, 6) is -0.741. The van der Waals surface area contributed by atoms with Crippen molar-refractivity contribution in [2.75, 3.05) is 0 Å². The Morgan fingerprint density at radius 2 is 0.567 bits per heavy atom. The molecule has 0 N–H and O–H groups in total. The smallest absolute Gasteiger partial charge is 0.308 e. The number of benzene rings is 11. The van der Waals surface area contributed by atoms with E-state index in [9.17, 15) is 21.0 Å². The molecule has 14 rings (SSSR count). The van der Waals surface area contributed by atoms with Crippen LogP contribution < -0.4 is 0 Å². The number of hydrogen-bond donors (Lipinski definition) is 0. The lowest BCUT2D eigenvalue weighted by Crippen LogP contribution is -2.10. The Morgan fingerprint density at radius 1 is 0.278 bits per heavy atom. The molecule has 14 aromatic rings. The maximum Gasteiger partial charge on any atom is 0.416 e. The molecule has 426 valence electrons. The average Bonchev–Trinajstić information content (AvgIpc) is 1.56. The maximum absolute atomic E-state index is 15.5. The van der Waals surface area contributed by atoms with Crippen LogP contribution in [0.25, 0.3) is 134 Å². The Morgan fingerprint density at radius 3 is 0.867 bits per heavy atom. The van der Waals surface area contributed by atoms with E-state index in [2.05, 4.69) is 24.3 Å². The summed E-state index contributed by atoms with van der Waals surface area (Å²) in [5, 5.41) is 43.8. The first-order valence-electron chi connectivity index (χ1n) is 28.1. The average molecular weight is 1180 g/mol. The molecule has 3 aromatic heterocycles. The standard InChI is InChI=1S/C75H39F6N9/c76-74(77,78)53-26-32-65(89-67-34-45(55-18-8-4-14-49(55)40-82)22-28-59(67)60-29-23-46(35-68(60)89)56-19-9-5-15-50(56)41-83)63(38-53)72-86-71(44-12-2-1-3-13-44)87-73(88-72)64-39-54(75(79,80)81)27-33-66(64)90-69-36-47(57-20-10-6-16-51(57)42-84)24-30-61(69)62-31-25-48(37-70(62)90)58-21-11-7-17-52(58)43-85/h1-39H. The van der Waals surface area contributed by atoms with Crippen molar-refractivity contribution in [1.29, 1.82) is 21.0 Å². The van der Waals surface area contributed by atoms with Crippen molar-refractivity contribution in [3.05, 3.63) is 270 Å². The third-order valence-corrected chi connectivity index (χ3v) is 16.2. The second kappa shape index (κ2) is 21.8. The van der Waals surface area contributed by atoms with Crippen LogP contribution >= 0.6 is 0 Å². The Balaban J connectivity index is 1.09. The number of fused-ring (bicyclic) bond motifs is 6. The molecule has 9 nitrogen and oxygen atoms in total. The molecule has 0 aliphatic heterocycles. The van der Waals surface area contributed by atoms with Gasteiger partial charge >= 0.3 is 12.4 Å². The number of halogens is 6. The van der Waals surface area contributed by atoms with E-state index < -0.39 is 23.5 Å². The molecule has 0 fully saturated rings. The van der Waals surface area contributed by atoms with Gasteiger partial charge in [0.25, 0.3) is 0 Å². The minimum absolute atomic E-state index is 0.0802. The molecule has 0 spiro atoms. The third-order valence-electron chi connectivity index (χ3n) is 16.2. The van der Waals surface area contributed by atoms with E-state index in [4.69, 9.17) is 15.0 Å². The second-order valence-electron chi connectivity index (χ2n) is 21.4. The van der Waals surface area contributed by atoms with E-state index in [0.29, 0.717) is 116 Å². The van der Waals surface area contributed by atoms with Crippen molar-refractivity contribution in [3.63, 3.8) is 0 Å². The summed E-state index contributed by atoms with van der Waals surface area (Å²) in [5.41, 5.74) is 6.46. The van der Waals surface area contributed by atoms with Gasteiger partial charge in [-0.05, 0) is 129 Å². The SMILES string of the molecule is N#Cc1ccccc1-c1ccc2c3ccc(-c4ccccc4C#N)cc3n(-c3ccc(C(F)(F)F)cc3-c3nc(-c4ccccc4)nc(-c4cc(C(F)(F)F)ccc4-n4c5cc(-c6ccccc6C#N)ccc5c5ccc(-c6ccccc6C#N)cc54)n3)c2c1. The fourth-order valence-corrected chi connectivity index (χ4v) is 12.1. The Hall–Kier alpha value is -12.4. The van der Waals surface area contributed by atoms with Gasteiger partial charge in [-0.1, -0.05) is 152 Å². The largest absolute Gasteiger partial charge is 0.416 e. The van der Waals surface area contributed by atoms with E-state index in [1.54, 1.807) is 137 Å². The molecule has 0 aliphatic rings. The summed E-state index contributed by atoms with van der Waals surface area (Å²) >= 11 is 0. The van der Waals surface area contributed by atoms with E-state index in [1.165, 1.54) is 12.1 Å². The zero-order valence-corrected chi connectivity index (χ0v) is 46.8. The van der Waals surface area contributed by atoms with Crippen molar-refractivity contribution in [2.45, 2.75) is 12.4 Å². The van der Waals surface area contributed by atoms with Gasteiger partial charge in [-0.15, -0.1) is 0 Å². The minimum atomic E-state index is -4.93. The number of alkyl halides is 6. The lowest BCUT2D eigenvalue weighted by atomic mass is 9.98. The Kier molecular flexibility index (Phi) is 13.4. The summed E-state index contributed by atoms with van der Waals surface area (Å²) in [6.07, 6.45) is -9.86. The molecule has 0 atom stereocenters. The normalized spacial score (nSPS) is 11.6. The molecule has 0 aliphatic carbocycles. The predicted molar refractivity (Wildman–Crippen MR) is 335 cm³/mol. The zero-order valence-electron chi connectivity index (χ0n) is 46.8. The van der Waals surface area contributed by atoms with Crippen LogP contribution in [0.1, 0.15) is 33.4 Å². The summed E-state index contributed by atoms with van der Waals surface area (Å²) < 4.78 is 96.6. The van der Waals surface area contributed by atoms with Crippen LogP contribution in [0.3, 0.4) is 0 Å².